The summed E-state index contributed by atoms with van der Waals surface area (Å²) in [6, 6.07) is 35.8. The van der Waals surface area contributed by atoms with Crippen molar-refractivity contribution in [2.45, 2.75) is 5.92 Å². The van der Waals surface area contributed by atoms with Crippen LogP contribution in [0.2, 0.25) is 0 Å². The Bertz CT molecular complexity index is 1590. The summed E-state index contributed by atoms with van der Waals surface area (Å²) >= 11 is 3.43. The molecule has 0 fully saturated rings. The highest BCUT2D eigenvalue weighted by Crippen LogP contribution is 2.37. The van der Waals surface area contributed by atoms with Gasteiger partial charge in [0.2, 0.25) is 0 Å². The number of benzene rings is 3. The number of para-hydroxylation sites is 2. The molecule has 0 amide bonds. The van der Waals surface area contributed by atoms with Crippen LogP contribution in [0.15, 0.2) is 103 Å². The largest absolute Gasteiger partial charge is 0.356 e. The van der Waals surface area contributed by atoms with Gasteiger partial charge in [0, 0.05) is 11.4 Å². The number of rotatable bonds is 5. The number of thiazole rings is 2. The summed E-state index contributed by atoms with van der Waals surface area (Å²) in [6.07, 6.45) is 0. The van der Waals surface area contributed by atoms with Crippen LogP contribution < -0.4 is 0 Å². The number of hydrogen-bond acceptors (Lipinski definition) is 4. The second-order valence-electron chi connectivity index (χ2n) is 8.47. The first-order chi connectivity index (χ1) is 17.3. The van der Waals surface area contributed by atoms with Crippen LogP contribution in [0.1, 0.15) is 22.9 Å². The highest BCUT2D eigenvalue weighted by molar-refractivity contribution is 7.22. The Kier molecular flexibility index (Phi) is 4.86. The first-order valence-corrected chi connectivity index (χ1v) is 13.1. The Hall–Kier alpha value is -4.00. The predicted octanol–water partition coefficient (Wildman–Crippen LogP) is 8.08. The third-order valence-corrected chi connectivity index (χ3v) is 8.36. The number of aromatic nitrogens is 4. The fraction of sp³-hybridized carbons (Fsp3) is 0.0345. The lowest BCUT2D eigenvalue weighted by Crippen LogP contribution is -2.04. The summed E-state index contributed by atoms with van der Waals surface area (Å²) in [5.41, 5.74) is 7.63. The fourth-order valence-electron chi connectivity index (χ4n) is 4.56. The SMILES string of the molecule is c1ccc(C(c2ccc(-c3nc4ccccc4s3)[nH]2)c2ccc(-c3nc4ccccc4s3)[nH]2)cc1. The lowest BCUT2D eigenvalue weighted by atomic mass is 9.93. The second-order valence-corrected chi connectivity index (χ2v) is 10.5. The summed E-state index contributed by atoms with van der Waals surface area (Å²) < 4.78 is 2.39. The van der Waals surface area contributed by atoms with E-state index in [1.807, 2.05) is 12.1 Å². The third kappa shape index (κ3) is 3.67. The van der Waals surface area contributed by atoms with Gasteiger partial charge < -0.3 is 9.97 Å². The van der Waals surface area contributed by atoms with E-state index >= 15 is 0 Å². The molecule has 0 radical (unpaired) electrons. The van der Waals surface area contributed by atoms with Crippen molar-refractivity contribution in [3.8, 4) is 21.4 Å². The quantitative estimate of drug-likeness (QED) is 0.257. The van der Waals surface area contributed by atoms with E-state index < -0.39 is 0 Å². The van der Waals surface area contributed by atoms with Gasteiger partial charge in [0.1, 0.15) is 10.0 Å². The van der Waals surface area contributed by atoms with E-state index in [4.69, 9.17) is 9.97 Å². The maximum absolute atomic E-state index is 4.84. The highest BCUT2D eigenvalue weighted by Gasteiger charge is 2.22. The van der Waals surface area contributed by atoms with E-state index in [2.05, 4.69) is 101 Å². The molecular formula is C29H20N4S2. The third-order valence-electron chi connectivity index (χ3n) is 6.22. The number of aromatic amines is 2. The summed E-state index contributed by atoms with van der Waals surface area (Å²) in [6.45, 7) is 0. The van der Waals surface area contributed by atoms with Gasteiger partial charge >= 0.3 is 0 Å². The minimum Gasteiger partial charge on any atom is -0.356 e. The van der Waals surface area contributed by atoms with Gasteiger partial charge in [-0.25, -0.2) is 9.97 Å². The Morgan fingerprint density at radius 1 is 0.514 bits per heavy atom. The summed E-state index contributed by atoms with van der Waals surface area (Å²) in [5.74, 6) is 0.0439. The normalized spacial score (nSPS) is 11.7. The van der Waals surface area contributed by atoms with Gasteiger partial charge in [-0.2, -0.15) is 0 Å². The first-order valence-electron chi connectivity index (χ1n) is 11.5. The van der Waals surface area contributed by atoms with E-state index in [0.717, 1.165) is 43.8 Å². The van der Waals surface area contributed by atoms with Crippen LogP contribution in [-0.4, -0.2) is 19.9 Å². The molecule has 0 unspecified atom stereocenters. The molecule has 0 saturated heterocycles. The van der Waals surface area contributed by atoms with Crippen LogP contribution >= 0.6 is 22.7 Å². The molecule has 0 aliphatic heterocycles. The average molecular weight is 489 g/mol. The second kappa shape index (κ2) is 8.34. The number of H-pyrrole nitrogens is 2. The zero-order valence-electron chi connectivity index (χ0n) is 18.6. The van der Waals surface area contributed by atoms with Crippen molar-refractivity contribution >= 4 is 43.1 Å². The average Bonchev–Trinajstić information content (AvgIpc) is 3.70. The van der Waals surface area contributed by atoms with E-state index in [9.17, 15) is 0 Å². The molecule has 0 saturated carbocycles. The first kappa shape index (κ1) is 20.4. The van der Waals surface area contributed by atoms with Crippen LogP contribution in [-0.2, 0) is 0 Å². The molecule has 6 heteroatoms. The molecule has 2 N–H and O–H groups in total. The van der Waals surface area contributed by atoms with Gasteiger partial charge in [-0.15, -0.1) is 22.7 Å². The molecule has 0 spiro atoms. The molecule has 0 bridgehead atoms. The maximum Gasteiger partial charge on any atom is 0.140 e. The van der Waals surface area contributed by atoms with Crippen LogP contribution in [0.25, 0.3) is 41.8 Å². The minimum atomic E-state index is 0.0439. The van der Waals surface area contributed by atoms with Crippen molar-refractivity contribution in [3.05, 3.63) is 120 Å². The predicted molar refractivity (Wildman–Crippen MR) is 146 cm³/mol. The van der Waals surface area contributed by atoms with Crippen molar-refractivity contribution in [1.82, 2.24) is 19.9 Å². The van der Waals surface area contributed by atoms with Crippen LogP contribution in [0.3, 0.4) is 0 Å². The maximum atomic E-state index is 4.84. The van der Waals surface area contributed by atoms with E-state index in [-0.39, 0.29) is 5.92 Å². The fourth-order valence-corrected chi connectivity index (χ4v) is 6.45. The lowest BCUT2D eigenvalue weighted by Gasteiger charge is -2.15. The van der Waals surface area contributed by atoms with Gasteiger partial charge in [-0.1, -0.05) is 54.6 Å². The Labute approximate surface area is 210 Å². The van der Waals surface area contributed by atoms with Gasteiger partial charge in [0.05, 0.1) is 37.7 Å². The van der Waals surface area contributed by atoms with Crippen LogP contribution in [0.5, 0.6) is 0 Å². The molecule has 3 aromatic carbocycles. The zero-order valence-corrected chi connectivity index (χ0v) is 20.2. The van der Waals surface area contributed by atoms with Crippen LogP contribution in [0, 0.1) is 0 Å². The molecule has 4 heterocycles. The molecule has 168 valence electrons. The molecule has 4 aromatic heterocycles. The van der Waals surface area contributed by atoms with Crippen molar-refractivity contribution in [1.29, 1.82) is 0 Å². The smallest absolute Gasteiger partial charge is 0.140 e. The monoisotopic (exact) mass is 488 g/mol. The molecule has 4 nitrogen and oxygen atoms in total. The van der Waals surface area contributed by atoms with Crippen LogP contribution in [0.4, 0.5) is 0 Å². The summed E-state index contributed by atoms with van der Waals surface area (Å²) in [4.78, 5) is 17.0. The van der Waals surface area contributed by atoms with Gasteiger partial charge in [0.25, 0.3) is 0 Å². The molecule has 7 aromatic rings. The number of nitrogens with one attached hydrogen (secondary N) is 2. The van der Waals surface area contributed by atoms with Gasteiger partial charge in [0.15, 0.2) is 0 Å². The van der Waals surface area contributed by atoms with Gasteiger partial charge in [-0.3, -0.25) is 0 Å². The van der Waals surface area contributed by atoms with E-state index in [0.29, 0.717) is 0 Å². The number of nitrogens with zero attached hydrogens (tertiary/aromatic N) is 2. The molecule has 0 atom stereocenters. The number of hydrogen-bond donors (Lipinski definition) is 2. The van der Waals surface area contributed by atoms with Gasteiger partial charge in [-0.05, 0) is 54.1 Å². The lowest BCUT2D eigenvalue weighted by molar-refractivity contribution is 0.900. The van der Waals surface area contributed by atoms with E-state index in [1.165, 1.54) is 15.0 Å². The Morgan fingerprint density at radius 3 is 1.51 bits per heavy atom. The van der Waals surface area contributed by atoms with Crippen molar-refractivity contribution in [3.63, 3.8) is 0 Å². The molecule has 7 rings (SSSR count). The topological polar surface area (TPSA) is 57.4 Å². The standard InChI is InChI=1S/C29H20N4S2/c1-2-8-18(9-3-1)27(21-14-16-23(30-21)28-32-19-10-4-6-12-25(19)34-28)22-15-17-24(31-22)29-33-20-11-5-7-13-26(20)35-29/h1-17,27,30-31H. The van der Waals surface area contributed by atoms with E-state index in [1.54, 1.807) is 22.7 Å². The Morgan fingerprint density at radius 2 is 1.00 bits per heavy atom. The molecule has 35 heavy (non-hydrogen) atoms. The number of fused-ring (bicyclic) bond motifs is 2. The molecule has 0 aliphatic carbocycles. The summed E-state index contributed by atoms with van der Waals surface area (Å²) in [7, 11) is 0. The van der Waals surface area contributed by atoms with Crippen molar-refractivity contribution < 1.29 is 0 Å². The molecular weight excluding hydrogens is 468 g/mol. The zero-order chi connectivity index (χ0) is 23.2. The highest BCUT2D eigenvalue weighted by atomic mass is 32.1. The Balaban J connectivity index is 1.30. The van der Waals surface area contributed by atoms with Crippen molar-refractivity contribution in [2.75, 3.05) is 0 Å². The minimum absolute atomic E-state index is 0.0439. The van der Waals surface area contributed by atoms with Crippen molar-refractivity contribution in [2.24, 2.45) is 0 Å². The summed E-state index contributed by atoms with van der Waals surface area (Å²) in [5, 5.41) is 2.01. The molecule has 0 aliphatic rings.